The summed E-state index contributed by atoms with van der Waals surface area (Å²) in [6.45, 7) is 14.0. The fourth-order valence-corrected chi connectivity index (χ4v) is 7.92. The lowest BCUT2D eigenvalue weighted by molar-refractivity contribution is 0.00449. The summed E-state index contributed by atoms with van der Waals surface area (Å²) >= 11 is 0. The van der Waals surface area contributed by atoms with E-state index in [1.807, 2.05) is 75.2 Å². The first-order chi connectivity index (χ1) is 23.7. The highest BCUT2D eigenvalue weighted by Crippen LogP contribution is 2.44. The van der Waals surface area contributed by atoms with Crippen LogP contribution in [-0.4, -0.2) is 81.6 Å². The van der Waals surface area contributed by atoms with Gasteiger partial charge in [-0.2, -0.15) is 10.4 Å². The number of halogens is 1. The van der Waals surface area contributed by atoms with Crippen LogP contribution >= 0.6 is 0 Å². The third kappa shape index (κ3) is 5.52. The summed E-state index contributed by atoms with van der Waals surface area (Å²) in [7, 11) is 4.17. The summed E-state index contributed by atoms with van der Waals surface area (Å²) in [4.78, 5) is 24.6. The van der Waals surface area contributed by atoms with Gasteiger partial charge in [0.15, 0.2) is 5.82 Å². The zero-order valence-corrected chi connectivity index (χ0v) is 30.3. The van der Waals surface area contributed by atoms with Crippen LogP contribution in [0.2, 0.25) is 0 Å². The van der Waals surface area contributed by atoms with Crippen molar-refractivity contribution in [2.75, 3.05) is 38.6 Å². The van der Waals surface area contributed by atoms with Crippen LogP contribution in [0.25, 0.3) is 43.7 Å². The molecule has 0 N–H and O–H groups in total. The van der Waals surface area contributed by atoms with E-state index in [0.29, 0.717) is 41.5 Å². The summed E-state index contributed by atoms with van der Waals surface area (Å²) in [5.41, 5.74) is 2.94. The SMILES string of the molecule is CC[C@@H]1C[C@@H](n2ncc3c(N4CC(C)(N(C)C)C4)nc4c(F)c(-c5cccc6cccc(C#N)c56)c(C)cc4c32)CCN1C(=O)OC(C)(C)C. The van der Waals surface area contributed by atoms with E-state index in [9.17, 15) is 10.1 Å². The molecule has 2 aliphatic heterocycles. The molecule has 1 amide bonds. The van der Waals surface area contributed by atoms with Crippen LogP contribution in [0.5, 0.6) is 0 Å². The minimum Gasteiger partial charge on any atom is -0.444 e. The zero-order chi connectivity index (χ0) is 35.7. The van der Waals surface area contributed by atoms with Crippen molar-refractivity contribution in [3.8, 4) is 17.2 Å². The number of likely N-dealkylation sites (N-methyl/N-ethyl adjacent to an activating group) is 1. The van der Waals surface area contributed by atoms with Gasteiger partial charge in [0, 0.05) is 42.0 Å². The monoisotopic (exact) mass is 675 g/mol. The molecule has 0 unspecified atom stereocenters. The summed E-state index contributed by atoms with van der Waals surface area (Å²) in [5, 5.41) is 18.2. The molecule has 3 aromatic carbocycles. The van der Waals surface area contributed by atoms with Gasteiger partial charge in [-0.15, -0.1) is 0 Å². The molecule has 9 nitrogen and oxygen atoms in total. The van der Waals surface area contributed by atoms with E-state index in [1.165, 1.54) is 0 Å². The molecule has 0 saturated carbocycles. The third-order valence-corrected chi connectivity index (χ3v) is 10.8. The number of hydrogen-bond donors (Lipinski definition) is 0. The molecule has 2 aliphatic rings. The molecule has 2 atom stereocenters. The Morgan fingerprint density at radius 2 is 1.88 bits per heavy atom. The Balaban J connectivity index is 1.40. The minimum atomic E-state index is -0.574. The van der Waals surface area contributed by atoms with E-state index in [1.54, 1.807) is 6.07 Å². The first kappa shape index (κ1) is 33.7. The van der Waals surface area contributed by atoms with E-state index in [2.05, 4.69) is 48.5 Å². The Hall–Kier alpha value is -4.75. The van der Waals surface area contributed by atoms with Crippen molar-refractivity contribution in [3.05, 3.63) is 65.6 Å². The largest absolute Gasteiger partial charge is 0.444 e. The van der Waals surface area contributed by atoms with Gasteiger partial charge in [-0.1, -0.05) is 37.3 Å². The lowest BCUT2D eigenvalue weighted by Gasteiger charge is -2.52. The number of anilines is 1. The van der Waals surface area contributed by atoms with Crippen LogP contribution in [0, 0.1) is 24.1 Å². The number of rotatable bonds is 5. The maximum absolute atomic E-state index is 17.4. The van der Waals surface area contributed by atoms with Crippen LogP contribution in [0.3, 0.4) is 0 Å². The fraction of sp³-hybridized carbons (Fsp3) is 0.450. The predicted molar refractivity (Wildman–Crippen MR) is 197 cm³/mol. The van der Waals surface area contributed by atoms with Crippen molar-refractivity contribution in [1.82, 2.24) is 24.6 Å². The number of pyridine rings is 1. The number of carbonyl (C=O) groups excluding carboxylic acids is 1. The lowest BCUT2D eigenvalue weighted by Crippen LogP contribution is -2.67. The number of ether oxygens (including phenoxy) is 1. The summed E-state index contributed by atoms with van der Waals surface area (Å²) < 4.78 is 25.2. The smallest absolute Gasteiger partial charge is 0.410 e. The highest BCUT2D eigenvalue weighted by Gasteiger charge is 2.43. The maximum Gasteiger partial charge on any atom is 0.410 e. The van der Waals surface area contributed by atoms with Crippen molar-refractivity contribution >= 4 is 44.5 Å². The molecule has 50 heavy (non-hydrogen) atoms. The minimum absolute atomic E-state index is 0.00249. The molecule has 0 spiro atoms. The Kier molecular flexibility index (Phi) is 8.25. The van der Waals surface area contributed by atoms with Crippen LogP contribution in [-0.2, 0) is 4.74 Å². The molecule has 0 aliphatic carbocycles. The van der Waals surface area contributed by atoms with E-state index in [4.69, 9.17) is 14.8 Å². The topological polar surface area (TPSA) is 90.5 Å². The number of aryl methyl sites for hydroxylation is 1. The van der Waals surface area contributed by atoms with Crippen LogP contribution in [0.4, 0.5) is 15.0 Å². The number of benzene rings is 3. The van der Waals surface area contributed by atoms with Crippen LogP contribution in [0.15, 0.2) is 48.7 Å². The molecule has 7 rings (SSSR count). The number of likely N-dealkylation sites (tertiary alicyclic amines) is 1. The Bertz CT molecular complexity index is 2180. The Labute approximate surface area is 293 Å². The summed E-state index contributed by atoms with van der Waals surface area (Å²) in [5.74, 6) is 0.318. The van der Waals surface area contributed by atoms with Gasteiger partial charge in [-0.05, 0) is 96.6 Å². The van der Waals surface area contributed by atoms with Crippen molar-refractivity contribution in [3.63, 3.8) is 0 Å². The van der Waals surface area contributed by atoms with E-state index in [-0.39, 0.29) is 29.2 Å². The van der Waals surface area contributed by atoms with E-state index in [0.717, 1.165) is 52.6 Å². The molecular weight excluding hydrogens is 629 g/mol. The van der Waals surface area contributed by atoms with E-state index >= 15 is 4.39 Å². The van der Waals surface area contributed by atoms with Crippen LogP contribution < -0.4 is 4.90 Å². The molecule has 10 heteroatoms. The fourth-order valence-electron chi connectivity index (χ4n) is 7.92. The molecule has 0 bridgehead atoms. The van der Waals surface area contributed by atoms with Gasteiger partial charge >= 0.3 is 6.09 Å². The van der Waals surface area contributed by atoms with Gasteiger partial charge in [0.05, 0.1) is 40.3 Å². The number of nitriles is 1. The number of aromatic nitrogens is 3. The quantitative estimate of drug-likeness (QED) is 0.185. The Morgan fingerprint density at radius 1 is 1.16 bits per heavy atom. The maximum atomic E-state index is 17.4. The van der Waals surface area contributed by atoms with Crippen molar-refractivity contribution in [2.45, 2.75) is 84.0 Å². The lowest BCUT2D eigenvalue weighted by atomic mass is 9.89. The van der Waals surface area contributed by atoms with Gasteiger partial charge in [0.1, 0.15) is 16.9 Å². The average molecular weight is 676 g/mol. The van der Waals surface area contributed by atoms with Crippen LogP contribution in [0.1, 0.15) is 71.0 Å². The second kappa shape index (κ2) is 12.2. The van der Waals surface area contributed by atoms with E-state index < -0.39 is 11.4 Å². The molecular formula is C40H46FN7O2. The second-order valence-corrected chi connectivity index (χ2v) is 15.5. The zero-order valence-electron chi connectivity index (χ0n) is 30.3. The first-order valence-corrected chi connectivity index (χ1v) is 17.6. The highest BCUT2D eigenvalue weighted by molar-refractivity contribution is 6.11. The first-order valence-electron chi connectivity index (χ1n) is 17.6. The standard InChI is InChI=1S/C40H46FN7O2/c1-9-27-19-28(16-17-47(27)38(49)50-39(3,4)5)48-36-30-18-24(2)32(29-15-11-13-25-12-10-14-26(20-42)33(25)29)34(41)35(30)44-37(31(36)21-43-48)46-22-40(6,23-46)45(7)8/h10-15,18,21,27-28H,9,16-17,19,22-23H2,1-8H3/t27-,28+/m1/s1. The molecule has 2 saturated heterocycles. The number of carbonyl (C=O) groups is 1. The van der Waals surface area contributed by atoms with Crippen molar-refractivity contribution in [2.24, 2.45) is 0 Å². The van der Waals surface area contributed by atoms with Crippen molar-refractivity contribution in [1.29, 1.82) is 5.26 Å². The molecule has 2 aromatic heterocycles. The normalized spacial score (nSPS) is 19.3. The van der Waals surface area contributed by atoms with Gasteiger partial charge in [-0.3, -0.25) is 4.68 Å². The highest BCUT2D eigenvalue weighted by atomic mass is 19.1. The summed E-state index contributed by atoms with van der Waals surface area (Å²) in [6, 6.07) is 15.7. The number of amides is 1. The number of fused-ring (bicyclic) bond motifs is 4. The van der Waals surface area contributed by atoms with Gasteiger partial charge in [0.2, 0.25) is 0 Å². The third-order valence-electron chi connectivity index (χ3n) is 10.8. The summed E-state index contributed by atoms with van der Waals surface area (Å²) in [6.07, 6.45) is 3.78. The second-order valence-electron chi connectivity index (χ2n) is 15.5. The Morgan fingerprint density at radius 3 is 2.54 bits per heavy atom. The van der Waals surface area contributed by atoms with Gasteiger partial charge in [0.25, 0.3) is 0 Å². The van der Waals surface area contributed by atoms with Gasteiger partial charge in [-0.25, -0.2) is 14.2 Å². The number of piperidine rings is 1. The molecule has 260 valence electrons. The molecule has 5 aromatic rings. The van der Waals surface area contributed by atoms with Crippen molar-refractivity contribution < 1.29 is 13.9 Å². The molecule has 4 heterocycles. The predicted octanol–water partition coefficient (Wildman–Crippen LogP) is 8.21. The number of nitrogens with zero attached hydrogens (tertiary/aromatic N) is 7. The number of hydrogen-bond acceptors (Lipinski definition) is 7. The average Bonchev–Trinajstić information content (AvgIpc) is 3.51. The van der Waals surface area contributed by atoms with Gasteiger partial charge < -0.3 is 19.4 Å². The molecule has 0 radical (unpaired) electrons. The molecule has 2 fully saturated rings.